The molecule has 2 saturated heterocycles. The Morgan fingerprint density at radius 3 is 2.66 bits per heavy atom. The predicted octanol–water partition coefficient (Wildman–Crippen LogP) is 2.74. The molecule has 0 aromatic carbocycles. The zero-order valence-corrected chi connectivity index (χ0v) is 17.3. The lowest BCUT2D eigenvalue weighted by Gasteiger charge is -2.35. The Kier molecular flexibility index (Phi) is 6.04. The molecule has 2 fully saturated rings. The number of rotatable bonds is 4. The van der Waals surface area contributed by atoms with E-state index < -0.39 is 0 Å². The molecule has 0 saturated carbocycles. The van der Waals surface area contributed by atoms with Gasteiger partial charge in [0.1, 0.15) is 0 Å². The number of anilines is 1. The van der Waals surface area contributed by atoms with Crippen LogP contribution < -0.4 is 4.90 Å². The van der Waals surface area contributed by atoms with Crippen molar-refractivity contribution in [2.45, 2.75) is 32.6 Å². The molecule has 1 unspecified atom stereocenters. The van der Waals surface area contributed by atoms with Crippen LogP contribution in [0.4, 0.5) is 5.95 Å². The van der Waals surface area contributed by atoms with Crippen molar-refractivity contribution >= 4 is 11.9 Å². The molecule has 2 aliphatic heterocycles. The van der Waals surface area contributed by atoms with E-state index in [1.807, 2.05) is 37.1 Å². The van der Waals surface area contributed by atoms with Crippen molar-refractivity contribution in [1.82, 2.24) is 19.9 Å². The highest BCUT2D eigenvalue weighted by Gasteiger charge is 2.29. The summed E-state index contributed by atoms with van der Waals surface area (Å²) < 4.78 is 5.48. The molecular weight excluding hydrogens is 366 g/mol. The fourth-order valence-electron chi connectivity index (χ4n) is 4.13. The molecule has 2 aliphatic rings. The molecule has 7 nitrogen and oxygen atoms in total. The number of hydrogen-bond acceptors (Lipinski definition) is 6. The average molecular weight is 396 g/mol. The third-order valence-corrected chi connectivity index (χ3v) is 5.70. The van der Waals surface area contributed by atoms with Crippen molar-refractivity contribution in [3.05, 3.63) is 36.4 Å². The van der Waals surface area contributed by atoms with Gasteiger partial charge < -0.3 is 14.5 Å². The molecule has 0 N–H and O–H groups in total. The molecule has 0 aliphatic carbocycles. The van der Waals surface area contributed by atoms with E-state index in [1.165, 1.54) is 0 Å². The van der Waals surface area contributed by atoms with Gasteiger partial charge >= 0.3 is 0 Å². The maximum Gasteiger partial charge on any atom is 0.225 e. The minimum atomic E-state index is 0.0164. The smallest absolute Gasteiger partial charge is 0.225 e. The summed E-state index contributed by atoms with van der Waals surface area (Å²) in [6.07, 6.45) is 7.55. The van der Waals surface area contributed by atoms with Crippen molar-refractivity contribution in [1.29, 1.82) is 0 Å². The second-order valence-electron chi connectivity index (χ2n) is 8.08. The molecule has 154 valence electrons. The first kappa shape index (κ1) is 19.8. The van der Waals surface area contributed by atoms with Crippen molar-refractivity contribution in [3.63, 3.8) is 0 Å². The van der Waals surface area contributed by atoms with E-state index in [0.29, 0.717) is 19.8 Å². The largest absolute Gasteiger partial charge is 0.378 e. The topological polar surface area (TPSA) is 71.5 Å². The lowest BCUT2D eigenvalue weighted by molar-refractivity contribution is -0.135. The van der Waals surface area contributed by atoms with Crippen LogP contribution in [-0.4, -0.2) is 65.2 Å². The number of nitrogens with zero attached hydrogens (tertiary/aromatic N) is 5. The lowest BCUT2D eigenvalue weighted by atomic mass is 9.89. The number of hydrogen-bond donors (Lipinski definition) is 0. The molecule has 0 bridgehead atoms. The van der Waals surface area contributed by atoms with Gasteiger partial charge in [-0.05, 0) is 30.5 Å². The number of piperidine rings is 1. The zero-order chi connectivity index (χ0) is 20.2. The van der Waals surface area contributed by atoms with Crippen molar-refractivity contribution in [2.75, 3.05) is 44.3 Å². The summed E-state index contributed by atoms with van der Waals surface area (Å²) >= 11 is 0. The summed E-state index contributed by atoms with van der Waals surface area (Å²) in [7, 11) is 0. The van der Waals surface area contributed by atoms with Crippen molar-refractivity contribution in [2.24, 2.45) is 5.92 Å². The van der Waals surface area contributed by atoms with Crippen LogP contribution in [0, 0.1) is 5.92 Å². The maximum atomic E-state index is 12.6. The van der Waals surface area contributed by atoms with E-state index in [2.05, 4.69) is 14.9 Å². The molecule has 0 radical (unpaired) electrons. The first-order chi connectivity index (χ1) is 14.1. The van der Waals surface area contributed by atoms with Gasteiger partial charge in [-0.15, -0.1) is 0 Å². The van der Waals surface area contributed by atoms with E-state index in [4.69, 9.17) is 9.72 Å². The number of aromatic nitrogens is 3. The number of morpholine rings is 1. The predicted molar refractivity (Wildman–Crippen MR) is 112 cm³/mol. The van der Waals surface area contributed by atoms with Crippen LogP contribution in [0.1, 0.15) is 38.3 Å². The van der Waals surface area contributed by atoms with Crippen LogP contribution in [0.5, 0.6) is 0 Å². The highest BCUT2D eigenvalue weighted by Crippen LogP contribution is 2.34. The first-order valence-electron chi connectivity index (χ1n) is 10.5. The summed E-state index contributed by atoms with van der Waals surface area (Å²) in [6, 6.07) is 3.99. The van der Waals surface area contributed by atoms with Gasteiger partial charge in [-0.25, -0.2) is 9.97 Å². The van der Waals surface area contributed by atoms with Gasteiger partial charge in [0.15, 0.2) is 0 Å². The summed E-state index contributed by atoms with van der Waals surface area (Å²) in [5, 5.41) is 0. The first-order valence-corrected chi connectivity index (χ1v) is 10.5. The molecule has 4 rings (SSSR count). The van der Waals surface area contributed by atoms with Crippen LogP contribution in [-0.2, 0) is 9.53 Å². The Balaban J connectivity index is 1.69. The number of pyridine rings is 1. The fraction of sp³-hybridized carbons (Fsp3) is 0.545. The standard InChI is InChI=1S/C22H29N5O2/c1-16(2)21(28)27-9-3-4-18(15-27)20-19(17-5-7-23-8-6-17)14-24-22(25-20)26-10-12-29-13-11-26/h5-8,14,16,18H,3-4,9-13,15H2,1-2H3. The van der Waals surface area contributed by atoms with Gasteiger partial charge in [-0.1, -0.05) is 13.8 Å². The molecule has 0 spiro atoms. The fourth-order valence-corrected chi connectivity index (χ4v) is 4.13. The van der Waals surface area contributed by atoms with Gasteiger partial charge in [0, 0.05) is 62.2 Å². The molecule has 1 amide bonds. The molecule has 1 atom stereocenters. The minimum Gasteiger partial charge on any atom is -0.378 e. The number of likely N-dealkylation sites (tertiary alicyclic amines) is 1. The van der Waals surface area contributed by atoms with E-state index in [0.717, 1.165) is 55.2 Å². The van der Waals surface area contributed by atoms with Gasteiger partial charge in [0.2, 0.25) is 11.9 Å². The molecule has 2 aromatic rings. The van der Waals surface area contributed by atoms with E-state index in [9.17, 15) is 4.79 Å². The Hall–Kier alpha value is -2.54. The normalized spacial score (nSPS) is 20.2. The van der Waals surface area contributed by atoms with Crippen molar-refractivity contribution in [3.8, 4) is 11.1 Å². The van der Waals surface area contributed by atoms with E-state index in [-0.39, 0.29) is 17.7 Å². The molecular formula is C22H29N5O2. The molecule has 29 heavy (non-hydrogen) atoms. The number of amides is 1. The Labute approximate surface area is 172 Å². The monoisotopic (exact) mass is 395 g/mol. The summed E-state index contributed by atoms with van der Waals surface area (Å²) in [6.45, 7) is 8.49. The molecule has 4 heterocycles. The van der Waals surface area contributed by atoms with Gasteiger partial charge in [-0.2, -0.15) is 0 Å². The van der Waals surface area contributed by atoms with Crippen LogP contribution in [0.25, 0.3) is 11.1 Å². The van der Waals surface area contributed by atoms with E-state index >= 15 is 0 Å². The summed E-state index contributed by atoms with van der Waals surface area (Å²) in [5.74, 6) is 1.20. The quantitative estimate of drug-likeness (QED) is 0.793. The third-order valence-electron chi connectivity index (χ3n) is 5.70. The SMILES string of the molecule is CC(C)C(=O)N1CCCC(c2nc(N3CCOCC3)ncc2-c2ccncc2)C1. The number of ether oxygens (including phenoxy) is 1. The average Bonchev–Trinajstić information content (AvgIpc) is 2.79. The third kappa shape index (κ3) is 4.40. The van der Waals surface area contributed by atoms with Crippen LogP contribution >= 0.6 is 0 Å². The lowest BCUT2D eigenvalue weighted by Crippen LogP contribution is -2.41. The Morgan fingerprint density at radius 2 is 1.93 bits per heavy atom. The molecule has 2 aromatic heterocycles. The Morgan fingerprint density at radius 1 is 1.17 bits per heavy atom. The minimum absolute atomic E-state index is 0.0164. The zero-order valence-electron chi connectivity index (χ0n) is 17.3. The Bertz CT molecular complexity index is 836. The van der Waals surface area contributed by atoms with Crippen molar-refractivity contribution < 1.29 is 9.53 Å². The van der Waals surface area contributed by atoms with Gasteiger partial charge in [0.25, 0.3) is 0 Å². The number of carbonyl (C=O) groups is 1. The second-order valence-corrected chi connectivity index (χ2v) is 8.08. The summed E-state index contributed by atoms with van der Waals surface area (Å²) in [5.41, 5.74) is 3.14. The molecule has 7 heteroatoms. The highest BCUT2D eigenvalue weighted by molar-refractivity contribution is 5.78. The second kappa shape index (κ2) is 8.86. The number of carbonyl (C=O) groups excluding carboxylic acids is 1. The van der Waals surface area contributed by atoms with Crippen LogP contribution in [0.3, 0.4) is 0 Å². The summed E-state index contributed by atoms with van der Waals surface area (Å²) in [4.78, 5) is 30.6. The van der Waals surface area contributed by atoms with Crippen LogP contribution in [0.2, 0.25) is 0 Å². The van der Waals surface area contributed by atoms with E-state index in [1.54, 1.807) is 12.4 Å². The van der Waals surface area contributed by atoms with Gasteiger partial charge in [0.05, 0.1) is 18.9 Å². The highest BCUT2D eigenvalue weighted by atomic mass is 16.5. The van der Waals surface area contributed by atoms with Gasteiger partial charge in [-0.3, -0.25) is 9.78 Å². The maximum absolute atomic E-state index is 12.6. The van der Waals surface area contributed by atoms with Crippen LogP contribution in [0.15, 0.2) is 30.7 Å².